The van der Waals surface area contributed by atoms with E-state index in [1.807, 2.05) is 45.9 Å². The second kappa shape index (κ2) is 6.34. The number of hydrogen-bond acceptors (Lipinski definition) is 3. The van der Waals surface area contributed by atoms with Crippen LogP contribution in [0.4, 0.5) is 0 Å². The highest BCUT2D eigenvalue weighted by molar-refractivity contribution is 6.07. The van der Waals surface area contributed by atoms with E-state index in [0.29, 0.717) is 18.6 Å². The van der Waals surface area contributed by atoms with Gasteiger partial charge in [0.05, 0.1) is 6.20 Å². The first kappa shape index (κ1) is 16.7. The number of nitrogens with zero attached hydrogens (tertiary/aromatic N) is 4. The Kier molecular flexibility index (Phi) is 3.79. The molecule has 0 unspecified atom stereocenters. The lowest BCUT2D eigenvalue weighted by Crippen LogP contribution is -2.38. The van der Waals surface area contributed by atoms with E-state index in [0.717, 1.165) is 22.7 Å². The number of hydrogen-bond donors (Lipinski definition) is 0. The van der Waals surface area contributed by atoms with Crippen LogP contribution in [-0.2, 0) is 31.4 Å². The molecule has 5 rings (SSSR count). The van der Waals surface area contributed by atoms with Crippen molar-refractivity contribution >= 4 is 27.7 Å². The number of amides is 1. The monoisotopic (exact) mass is 372 g/mol. The van der Waals surface area contributed by atoms with Crippen molar-refractivity contribution in [2.24, 2.45) is 7.05 Å². The first-order valence-electron chi connectivity index (χ1n) is 9.41. The zero-order valence-corrected chi connectivity index (χ0v) is 15.6. The van der Waals surface area contributed by atoms with Gasteiger partial charge in [0, 0.05) is 36.4 Å². The third-order valence-corrected chi connectivity index (χ3v) is 5.64. The lowest BCUT2D eigenvalue weighted by atomic mass is 10.00. The summed E-state index contributed by atoms with van der Waals surface area (Å²) in [7, 11) is 1.63. The highest BCUT2D eigenvalue weighted by Crippen LogP contribution is 2.27. The Morgan fingerprint density at radius 1 is 1.04 bits per heavy atom. The molecular weight excluding hydrogens is 352 g/mol. The third-order valence-electron chi connectivity index (χ3n) is 5.64. The van der Waals surface area contributed by atoms with E-state index in [-0.39, 0.29) is 18.0 Å². The van der Waals surface area contributed by atoms with Crippen molar-refractivity contribution in [2.45, 2.75) is 19.5 Å². The van der Waals surface area contributed by atoms with Crippen LogP contribution >= 0.6 is 0 Å². The summed E-state index contributed by atoms with van der Waals surface area (Å²) in [5.41, 5.74) is 3.73. The molecule has 6 heteroatoms. The molecule has 2 aromatic heterocycles. The van der Waals surface area contributed by atoms with Gasteiger partial charge in [-0.15, -0.1) is 0 Å². The number of fused-ring (bicyclic) bond motifs is 4. The van der Waals surface area contributed by atoms with Crippen molar-refractivity contribution in [3.8, 4) is 0 Å². The summed E-state index contributed by atoms with van der Waals surface area (Å²) in [6.07, 6.45) is 2.57. The van der Waals surface area contributed by atoms with Crippen LogP contribution in [0, 0.1) is 0 Å². The molecule has 0 radical (unpaired) electrons. The normalized spacial score (nSPS) is 13.8. The van der Waals surface area contributed by atoms with Gasteiger partial charge in [-0.25, -0.2) is 4.68 Å². The first-order chi connectivity index (χ1) is 13.6. The van der Waals surface area contributed by atoms with Crippen LogP contribution in [0.2, 0.25) is 0 Å². The molecule has 140 valence electrons. The molecule has 4 aromatic rings. The maximum absolute atomic E-state index is 13.1. The van der Waals surface area contributed by atoms with Crippen LogP contribution in [-0.4, -0.2) is 31.7 Å². The van der Waals surface area contributed by atoms with Crippen molar-refractivity contribution in [1.82, 2.24) is 19.2 Å². The largest absolute Gasteiger partial charge is 0.336 e. The molecule has 0 aliphatic carbocycles. The Labute approximate surface area is 161 Å². The molecule has 1 aliphatic heterocycles. The Balaban J connectivity index is 1.57. The topological polar surface area (TPSA) is 60.1 Å². The molecule has 0 spiro atoms. The molecule has 6 nitrogen and oxygen atoms in total. The third kappa shape index (κ3) is 2.52. The van der Waals surface area contributed by atoms with Crippen LogP contribution < -0.4 is 5.56 Å². The molecular formula is C22H20N4O2. The Bertz CT molecular complexity index is 1280. The fourth-order valence-electron chi connectivity index (χ4n) is 4.15. The lowest BCUT2D eigenvalue weighted by Gasteiger charge is -2.29. The first-order valence-corrected chi connectivity index (χ1v) is 9.41. The number of aromatic nitrogens is 3. The Morgan fingerprint density at radius 2 is 1.79 bits per heavy atom. The van der Waals surface area contributed by atoms with E-state index in [4.69, 9.17) is 0 Å². The van der Waals surface area contributed by atoms with Crippen molar-refractivity contribution in [3.05, 3.63) is 76.2 Å². The molecule has 28 heavy (non-hydrogen) atoms. The summed E-state index contributed by atoms with van der Waals surface area (Å²) in [5.74, 6) is 0.0241. The molecule has 1 amide bonds. The predicted molar refractivity (Wildman–Crippen MR) is 108 cm³/mol. The number of carbonyl (C=O) groups excluding carboxylic acids is 1. The second-order valence-corrected chi connectivity index (χ2v) is 7.27. The van der Waals surface area contributed by atoms with Crippen LogP contribution in [0.3, 0.4) is 0 Å². The van der Waals surface area contributed by atoms with E-state index >= 15 is 0 Å². The lowest BCUT2D eigenvalue weighted by molar-refractivity contribution is -0.132. The van der Waals surface area contributed by atoms with E-state index in [1.165, 1.54) is 15.8 Å². The predicted octanol–water partition coefficient (Wildman–Crippen LogP) is 2.47. The Hall–Kier alpha value is -3.41. The fraction of sp³-hybridized carbons (Fsp3) is 0.227. The van der Waals surface area contributed by atoms with Gasteiger partial charge < -0.3 is 9.47 Å². The minimum atomic E-state index is -0.189. The maximum atomic E-state index is 13.1. The molecule has 0 atom stereocenters. The molecule has 3 heterocycles. The summed E-state index contributed by atoms with van der Waals surface area (Å²) >= 11 is 0. The molecule has 2 aromatic carbocycles. The Morgan fingerprint density at radius 3 is 2.64 bits per heavy atom. The quantitative estimate of drug-likeness (QED) is 0.543. The minimum absolute atomic E-state index is 0.0241. The van der Waals surface area contributed by atoms with Crippen LogP contribution in [0.5, 0.6) is 0 Å². The number of para-hydroxylation sites is 1. The van der Waals surface area contributed by atoms with Crippen molar-refractivity contribution in [2.75, 3.05) is 6.54 Å². The fourth-order valence-corrected chi connectivity index (χ4v) is 4.15. The average molecular weight is 372 g/mol. The van der Waals surface area contributed by atoms with E-state index < -0.39 is 0 Å². The van der Waals surface area contributed by atoms with Gasteiger partial charge in [0.1, 0.15) is 12.1 Å². The second-order valence-electron chi connectivity index (χ2n) is 7.27. The summed E-state index contributed by atoms with van der Waals surface area (Å²) in [5, 5.41) is 5.89. The standard InChI is InChI=1S/C22H20N4O2/c1-24-22(28)21-18(12-23-24)17-8-4-5-9-19(17)26(21)14-20(27)25-11-10-15-6-2-3-7-16(15)13-25/h2-9,12H,10-11,13-14H2,1H3. The van der Waals surface area contributed by atoms with Gasteiger partial charge in [0.25, 0.3) is 5.56 Å². The molecule has 0 saturated carbocycles. The molecule has 1 aliphatic rings. The summed E-state index contributed by atoms with van der Waals surface area (Å²) in [6, 6.07) is 16.0. The van der Waals surface area contributed by atoms with Crippen LogP contribution in [0.25, 0.3) is 21.8 Å². The maximum Gasteiger partial charge on any atom is 0.291 e. The van der Waals surface area contributed by atoms with Crippen molar-refractivity contribution < 1.29 is 4.79 Å². The van der Waals surface area contributed by atoms with Gasteiger partial charge >= 0.3 is 0 Å². The molecule has 0 N–H and O–H groups in total. The highest BCUT2D eigenvalue weighted by Gasteiger charge is 2.23. The van der Waals surface area contributed by atoms with Gasteiger partial charge in [0.15, 0.2) is 0 Å². The summed E-state index contributed by atoms with van der Waals surface area (Å²) in [4.78, 5) is 27.8. The number of aryl methyl sites for hydroxylation is 1. The van der Waals surface area contributed by atoms with Gasteiger partial charge in [-0.05, 0) is 23.6 Å². The molecule has 0 fully saturated rings. The van der Waals surface area contributed by atoms with Gasteiger partial charge in [-0.1, -0.05) is 42.5 Å². The SMILES string of the molecule is Cn1ncc2c3ccccc3n(CC(=O)N3CCc4ccccc4C3)c2c1=O. The van der Waals surface area contributed by atoms with E-state index in [2.05, 4.69) is 17.2 Å². The number of carbonyl (C=O) groups is 1. The minimum Gasteiger partial charge on any atom is -0.336 e. The summed E-state index contributed by atoms with van der Waals surface area (Å²) in [6.45, 7) is 1.46. The van der Waals surface area contributed by atoms with Crippen LogP contribution in [0.1, 0.15) is 11.1 Å². The van der Waals surface area contributed by atoms with Crippen molar-refractivity contribution in [3.63, 3.8) is 0 Å². The average Bonchev–Trinajstić information content (AvgIpc) is 3.04. The van der Waals surface area contributed by atoms with E-state index in [1.54, 1.807) is 13.2 Å². The number of rotatable bonds is 2. The summed E-state index contributed by atoms with van der Waals surface area (Å²) < 4.78 is 3.16. The van der Waals surface area contributed by atoms with Gasteiger partial charge in [-0.3, -0.25) is 9.59 Å². The number of benzene rings is 2. The van der Waals surface area contributed by atoms with Gasteiger partial charge in [-0.2, -0.15) is 5.10 Å². The van der Waals surface area contributed by atoms with Gasteiger partial charge in [0.2, 0.25) is 5.91 Å². The van der Waals surface area contributed by atoms with E-state index in [9.17, 15) is 9.59 Å². The zero-order chi connectivity index (χ0) is 19.3. The highest BCUT2D eigenvalue weighted by atomic mass is 16.2. The zero-order valence-electron chi connectivity index (χ0n) is 15.6. The molecule has 0 saturated heterocycles. The molecule has 0 bridgehead atoms. The van der Waals surface area contributed by atoms with Crippen LogP contribution in [0.15, 0.2) is 59.5 Å². The smallest absolute Gasteiger partial charge is 0.291 e. The van der Waals surface area contributed by atoms with Crippen molar-refractivity contribution in [1.29, 1.82) is 0 Å².